The predicted molar refractivity (Wildman–Crippen MR) is 110 cm³/mol. The van der Waals surface area contributed by atoms with Crippen molar-refractivity contribution < 1.29 is 9.84 Å². The van der Waals surface area contributed by atoms with E-state index in [1.54, 1.807) is 12.4 Å². The Bertz CT molecular complexity index is 801. The number of piperazine rings is 1. The first kappa shape index (κ1) is 19.2. The normalized spacial score (nSPS) is 19.4. The standard InChI is InChI=1S/C22H30N4O2/c1-15(2)21(27)19-13-23-22(24-14-19)26-9-7-25(8-10-26)16(3)18-5-4-17-6-11-28-20(17)12-18/h4-5,12-16,21,27H,6-11H2,1-3H3. The third-order valence-corrected chi connectivity index (χ3v) is 5.98. The maximum absolute atomic E-state index is 10.2. The van der Waals surface area contributed by atoms with Crippen molar-refractivity contribution in [1.82, 2.24) is 14.9 Å². The van der Waals surface area contributed by atoms with Crippen LogP contribution in [0.4, 0.5) is 5.95 Å². The van der Waals surface area contributed by atoms with Crippen molar-refractivity contribution in [3.8, 4) is 5.75 Å². The van der Waals surface area contributed by atoms with Gasteiger partial charge in [-0.25, -0.2) is 9.97 Å². The van der Waals surface area contributed by atoms with Crippen molar-refractivity contribution in [3.63, 3.8) is 0 Å². The molecule has 2 aliphatic rings. The second kappa shape index (κ2) is 8.05. The van der Waals surface area contributed by atoms with Crippen LogP contribution in [0.15, 0.2) is 30.6 Å². The van der Waals surface area contributed by atoms with E-state index >= 15 is 0 Å². The van der Waals surface area contributed by atoms with Crippen LogP contribution >= 0.6 is 0 Å². The highest BCUT2D eigenvalue weighted by molar-refractivity contribution is 5.41. The first-order chi connectivity index (χ1) is 13.5. The quantitative estimate of drug-likeness (QED) is 0.858. The number of anilines is 1. The van der Waals surface area contributed by atoms with Crippen LogP contribution in [0.5, 0.6) is 5.75 Å². The summed E-state index contributed by atoms with van der Waals surface area (Å²) in [6.07, 6.45) is 4.03. The number of nitrogens with zero attached hydrogens (tertiary/aromatic N) is 4. The molecule has 2 aliphatic heterocycles. The van der Waals surface area contributed by atoms with Gasteiger partial charge in [0, 0.05) is 56.6 Å². The molecular weight excluding hydrogens is 352 g/mol. The summed E-state index contributed by atoms with van der Waals surface area (Å²) < 4.78 is 5.73. The maximum atomic E-state index is 10.2. The smallest absolute Gasteiger partial charge is 0.225 e. The third kappa shape index (κ3) is 3.84. The fourth-order valence-corrected chi connectivity index (χ4v) is 4.00. The first-order valence-electron chi connectivity index (χ1n) is 10.3. The number of hydrogen-bond donors (Lipinski definition) is 1. The Kier molecular flexibility index (Phi) is 5.51. The second-order valence-corrected chi connectivity index (χ2v) is 8.17. The van der Waals surface area contributed by atoms with E-state index in [9.17, 15) is 5.11 Å². The van der Waals surface area contributed by atoms with E-state index in [-0.39, 0.29) is 5.92 Å². The van der Waals surface area contributed by atoms with Gasteiger partial charge in [-0.15, -0.1) is 0 Å². The Labute approximate surface area is 167 Å². The molecular formula is C22H30N4O2. The molecule has 0 radical (unpaired) electrons. The first-order valence-corrected chi connectivity index (χ1v) is 10.3. The van der Waals surface area contributed by atoms with Crippen LogP contribution in [0.2, 0.25) is 0 Å². The number of rotatable bonds is 5. The van der Waals surface area contributed by atoms with E-state index in [1.165, 1.54) is 11.1 Å². The van der Waals surface area contributed by atoms with Crippen molar-refractivity contribution in [1.29, 1.82) is 0 Å². The second-order valence-electron chi connectivity index (χ2n) is 8.17. The molecule has 1 aromatic carbocycles. The highest BCUT2D eigenvalue weighted by Gasteiger charge is 2.25. The average Bonchev–Trinajstić information content (AvgIpc) is 3.21. The number of benzene rings is 1. The molecule has 1 N–H and O–H groups in total. The topological polar surface area (TPSA) is 61.7 Å². The Morgan fingerprint density at radius 3 is 2.39 bits per heavy atom. The van der Waals surface area contributed by atoms with E-state index in [0.717, 1.165) is 56.5 Å². The molecule has 2 aromatic rings. The highest BCUT2D eigenvalue weighted by atomic mass is 16.5. The molecule has 1 fully saturated rings. The molecule has 0 aliphatic carbocycles. The molecule has 6 nitrogen and oxygen atoms in total. The molecule has 0 spiro atoms. The van der Waals surface area contributed by atoms with Crippen LogP contribution in [0, 0.1) is 5.92 Å². The summed E-state index contributed by atoms with van der Waals surface area (Å²) in [7, 11) is 0. The fourth-order valence-electron chi connectivity index (χ4n) is 4.00. The van der Waals surface area contributed by atoms with E-state index < -0.39 is 6.10 Å². The third-order valence-electron chi connectivity index (χ3n) is 5.98. The largest absolute Gasteiger partial charge is 0.493 e. The van der Waals surface area contributed by atoms with Crippen LogP contribution < -0.4 is 9.64 Å². The van der Waals surface area contributed by atoms with E-state index in [2.05, 4.69) is 44.9 Å². The van der Waals surface area contributed by atoms with Crippen molar-refractivity contribution in [3.05, 3.63) is 47.3 Å². The van der Waals surface area contributed by atoms with Crippen LogP contribution in [0.3, 0.4) is 0 Å². The summed E-state index contributed by atoms with van der Waals surface area (Å²) in [6, 6.07) is 7.03. The van der Waals surface area contributed by atoms with Gasteiger partial charge in [-0.05, 0) is 30.0 Å². The van der Waals surface area contributed by atoms with Gasteiger partial charge in [-0.1, -0.05) is 26.0 Å². The average molecular weight is 383 g/mol. The summed E-state index contributed by atoms with van der Waals surface area (Å²) in [6.45, 7) is 10.8. The van der Waals surface area contributed by atoms with Crippen molar-refractivity contribution >= 4 is 5.95 Å². The Hall–Kier alpha value is -2.18. The zero-order valence-corrected chi connectivity index (χ0v) is 17.0. The van der Waals surface area contributed by atoms with Crippen LogP contribution in [-0.2, 0) is 6.42 Å². The zero-order valence-electron chi connectivity index (χ0n) is 17.0. The van der Waals surface area contributed by atoms with Gasteiger partial charge in [-0.3, -0.25) is 4.90 Å². The molecule has 1 aromatic heterocycles. The lowest BCUT2D eigenvalue weighted by atomic mass is 10.0. The molecule has 28 heavy (non-hydrogen) atoms. The summed E-state index contributed by atoms with van der Waals surface area (Å²) in [5.74, 6) is 1.96. The van der Waals surface area contributed by atoms with Crippen LogP contribution in [0.25, 0.3) is 0 Å². The monoisotopic (exact) mass is 382 g/mol. The molecule has 0 amide bonds. The fraction of sp³-hybridized carbons (Fsp3) is 0.545. The van der Waals surface area contributed by atoms with Gasteiger partial charge in [0.2, 0.25) is 5.95 Å². The minimum absolute atomic E-state index is 0.157. The van der Waals surface area contributed by atoms with E-state index in [4.69, 9.17) is 4.74 Å². The molecule has 3 heterocycles. The lowest BCUT2D eigenvalue weighted by molar-refractivity contribution is 0.126. The Balaban J connectivity index is 1.36. The van der Waals surface area contributed by atoms with Crippen LogP contribution in [0.1, 0.15) is 49.6 Å². The number of aliphatic hydroxyl groups is 1. The van der Waals surface area contributed by atoms with Crippen molar-refractivity contribution in [2.45, 2.75) is 39.3 Å². The summed E-state index contributed by atoms with van der Waals surface area (Å²) in [5, 5.41) is 10.2. The summed E-state index contributed by atoms with van der Waals surface area (Å²) >= 11 is 0. The minimum atomic E-state index is -0.511. The number of aliphatic hydroxyl groups excluding tert-OH is 1. The predicted octanol–water partition coefficient (Wildman–Crippen LogP) is 2.98. The minimum Gasteiger partial charge on any atom is -0.493 e. The maximum Gasteiger partial charge on any atom is 0.225 e. The van der Waals surface area contributed by atoms with Gasteiger partial charge in [0.1, 0.15) is 5.75 Å². The zero-order chi connectivity index (χ0) is 19.7. The molecule has 6 heteroatoms. The number of aromatic nitrogens is 2. The molecule has 0 bridgehead atoms. The van der Waals surface area contributed by atoms with Gasteiger partial charge in [-0.2, -0.15) is 0 Å². The number of ether oxygens (including phenoxy) is 1. The van der Waals surface area contributed by atoms with Gasteiger partial charge in [0.25, 0.3) is 0 Å². The van der Waals surface area contributed by atoms with E-state index in [0.29, 0.717) is 6.04 Å². The van der Waals surface area contributed by atoms with Gasteiger partial charge >= 0.3 is 0 Å². The summed E-state index contributed by atoms with van der Waals surface area (Å²) in [5.41, 5.74) is 3.42. The van der Waals surface area contributed by atoms with Crippen molar-refractivity contribution in [2.75, 3.05) is 37.7 Å². The lowest BCUT2D eigenvalue weighted by Crippen LogP contribution is -2.47. The molecule has 2 atom stereocenters. The molecule has 4 rings (SSSR count). The number of hydrogen-bond acceptors (Lipinski definition) is 6. The van der Waals surface area contributed by atoms with E-state index in [1.807, 2.05) is 13.8 Å². The lowest BCUT2D eigenvalue weighted by Gasteiger charge is -2.38. The Morgan fingerprint density at radius 2 is 1.71 bits per heavy atom. The van der Waals surface area contributed by atoms with Crippen molar-refractivity contribution in [2.24, 2.45) is 5.92 Å². The van der Waals surface area contributed by atoms with Gasteiger partial charge in [0.05, 0.1) is 12.7 Å². The van der Waals surface area contributed by atoms with Gasteiger partial charge in [0.15, 0.2) is 0 Å². The molecule has 0 saturated carbocycles. The SMILES string of the molecule is CC(C)C(O)c1cnc(N2CCN(C(C)c3ccc4c(c3)OCC4)CC2)nc1. The number of fused-ring (bicyclic) bond motifs is 1. The summed E-state index contributed by atoms with van der Waals surface area (Å²) in [4.78, 5) is 13.7. The molecule has 1 saturated heterocycles. The highest BCUT2D eigenvalue weighted by Crippen LogP contribution is 2.31. The molecule has 2 unspecified atom stereocenters. The van der Waals surface area contributed by atoms with Gasteiger partial charge < -0.3 is 14.7 Å². The van der Waals surface area contributed by atoms with Crippen LogP contribution in [-0.4, -0.2) is 52.8 Å². The molecule has 150 valence electrons. The Morgan fingerprint density at radius 1 is 1.00 bits per heavy atom.